The molecule has 1 aromatic carbocycles. The lowest BCUT2D eigenvalue weighted by Gasteiger charge is -2.02. The zero-order chi connectivity index (χ0) is 15.2. The van der Waals surface area contributed by atoms with Gasteiger partial charge in [-0.15, -0.1) is 0 Å². The molecule has 0 aliphatic carbocycles. The van der Waals surface area contributed by atoms with Crippen LogP contribution < -0.4 is 5.32 Å². The van der Waals surface area contributed by atoms with Crippen LogP contribution in [-0.4, -0.2) is 15.8 Å². The SMILES string of the molecule is O=C(/C=C/c1ccccc1)Nc1nc(Cl)ccc1[N+](=O)[O-]. The molecule has 7 heteroatoms. The van der Waals surface area contributed by atoms with E-state index in [-0.39, 0.29) is 16.7 Å². The van der Waals surface area contributed by atoms with E-state index in [1.165, 1.54) is 18.2 Å². The van der Waals surface area contributed by atoms with Gasteiger partial charge >= 0.3 is 5.69 Å². The van der Waals surface area contributed by atoms with E-state index in [0.29, 0.717) is 0 Å². The Bertz CT molecular complexity index is 702. The van der Waals surface area contributed by atoms with Crippen molar-refractivity contribution >= 4 is 35.1 Å². The number of hydrogen-bond donors (Lipinski definition) is 1. The van der Waals surface area contributed by atoms with Crippen LogP contribution >= 0.6 is 11.6 Å². The molecular formula is C14H10ClN3O3. The fraction of sp³-hybridized carbons (Fsp3) is 0. The molecule has 0 spiro atoms. The highest BCUT2D eigenvalue weighted by molar-refractivity contribution is 6.29. The van der Waals surface area contributed by atoms with Gasteiger partial charge in [0, 0.05) is 12.1 Å². The van der Waals surface area contributed by atoms with Gasteiger partial charge in [-0.05, 0) is 17.7 Å². The molecule has 0 radical (unpaired) electrons. The number of rotatable bonds is 4. The van der Waals surface area contributed by atoms with Gasteiger partial charge in [0.25, 0.3) is 0 Å². The molecule has 1 amide bonds. The van der Waals surface area contributed by atoms with Crippen LogP contribution in [0.15, 0.2) is 48.5 Å². The van der Waals surface area contributed by atoms with Crippen LogP contribution in [0.1, 0.15) is 5.56 Å². The standard InChI is InChI=1S/C14H10ClN3O3/c15-12-8-7-11(18(20)21)14(16-12)17-13(19)9-6-10-4-2-1-3-5-10/h1-9H,(H,16,17,19)/b9-6+. The van der Waals surface area contributed by atoms with E-state index in [1.54, 1.807) is 6.08 Å². The van der Waals surface area contributed by atoms with Crippen molar-refractivity contribution in [2.75, 3.05) is 5.32 Å². The van der Waals surface area contributed by atoms with Crippen molar-refractivity contribution < 1.29 is 9.72 Å². The Labute approximate surface area is 125 Å². The Morgan fingerprint density at radius 3 is 2.62 bits per heavy atom. The fourth-order valence-electron chi connectivity index (χ4n) is 1.56. The third-order valence-corrected chi connectivity index (χ3v) is 2.72. The zero-order valence-corrected chi connectivity index (χ0v) is 11.4. The van der Waals surface area contributed by atoms with Gasteiger partial charge in [0.15, 0.2) is 0 Å². The highest BCUT2D eigenvalue weighted by atomic mass is 35.5. The summed E-state index contributed by atoms with van der Waals surface area (Å²) in [7, 11) is 0. The number of amides is 1. The average molecular weight is 304 g/mol. The highest BCUT2D eigenvalue weighted by Gasteiger charge is 2.16. The first-order valence-electron chi connectivity index (χ1n) is 5.91. The first-order chi connectivity index (χ1) is 10.1. The number of pyridine rings is 1. The number of carbonyl (C=O) groups excluding carboxylic acids is 1. The molecule has 0 fully saturated rings. The smallest absolute Gasteiger partial charge is 0.301 e. The average Bonchev–Trinajstić information content (AvgIpc) is 2.46. The first kappa shape index (κ1) is 14.7. The second-order valence-corrected chi connectivity index (χ2v) is 4.38. The van der Waals surface area contributed by atoms with Crippen LogP contribution in [0.3, 0.4) is 0 Å². The largest absolute Gasteiger partial charge is 0.311 e. The minimum Gasteiger partial charge on any atom is -0.301 e. The molecular weight excluding hydrogens is 294 g/mol. The van der Waals surface area contributed by atoms with Crippen LogP contribution in [-0.2, 0) is 4.79 Å². The number of benzene rings is 1. The molecule has 0 bridgehead atoms. The second kappa shape index (κ2) is 6.62. The van der Waals surface area contributed by atoms with E-state index < -0.39 is 10.8 Å². The van der Waals surface area contributed by atoms with E-state index in [0.717, 1.165) is 5.56 Å². The quantitative estimate of drug-likeness (QED) is 0.406. The summed E-state index contributed by atoms with van der Waals surface area (Å²) in [5.74, 6) is -0.716. The number of nitro groups is 1. The molecule has 1 N–H and O–H groups in total. The molecule has 1 aromatic heterocycles. The van der Waals surface area contributed by atoms with Crippen molar-refractivity contribution in [1.82, 2.24) is 4.98 Å². The molecule has 21 heavy (non-hydrogen) atoms. The van der Waals surface area contributed by atoms with E-state index in [1.807, 2.05) is 30.3 Å². The molecule has 0 aliphatic rings. The van der Waals surface area contributed by atoms with Crippen LogP contribution in [0, 0.1) is 10.1 Å². The molecule has 0 unspecified atom stereocenters. The summed E-state index contributed by atoms with van der Waals surface area (Å²) in [5, 5.41) is 13.2. The number of carbonyl (C=O) groups is 1. The summed E-state index contributed by atoms with van der Waals surface area (Å²) in [6.07, 6.45) is 2.85. The number of nitrogens with one attached hydrogen (secondary N) is 1. The zero-order valence-electron chi connectivity index (χ0n) is 10.7. The molecule has 1 heterocycles. The Balaban J connectivity index is 2.15. The van der Waals surface area contributed by atoms with E-state index in [4.69, 9.17) is 11.6 Å². The van der Waals surface area contributed by atoms with Gasteiger partial charge in [-0.1, -0.05) is 41.9 Å². The predicted octanol–water partition coefficient (Wildman–Crippen LogP) is 3.30. The Morgan fingerprint density at radius 1 is 1.24 bits per heavy atom. The lowest BCUT2D eigenvalue weighted by molar-refractivity contribution is -0.384. The van der Waals surface area contributed by atoms with Crippen molar-refractivity contribution in [3.05, 3.63) is 69.4 Å². The summed E-state index contributed by atoms with van der Waals surface area (Å²) in [6, 6.07) is 11.6. The molecule has 2 rings (SSSR count). The van der Waals surface area contributed by atoms with Crippen molar-refractivity contribution in [2.24, 2.45) is 0 Å². The maximum absolute atomic E-state index is 11.8. The molecule has 2 aromatic rings. The normalized spacial score (nSPS) is 10.5. The molecule has 0 atom stereocenters. The Kier molecular flexibility index (Phi) is 4.63. The maximum atomic E-state index is 11.8. The van der Waals surface area contributed by atoms with Crippen LogP contribution in [0.5, 0.6) is 0 Å². The minimum atomic E-state index is -0.639. The third-order valence-electron chi connectivity index (χ3n) is 2.50. The van der Waals surface area contributed by atoms with Gasteiger partial charge in [-0.3, -0.25) is 14.9 Å². The van der Waals surface area contributed by atoms with Gasteiger partial charge in [0.2, 0.25) is 11.7 Å². The van der Waals surface area contributed by atoms with E-state index >= 15 is 0 Å². The van der Waals surface area contributed by atoms with Gasteiger partial charge in [0.05, 0.1) is 4.92 Å². The number of hydrogen-bond acceptors (Lipinski definition) is 4. The minimum absolute atomic E-state index is 0.0583. The molecule has 6 nitrogen and oxygen atoms in total. The number of anilines is 1. The third kappa shape index (κ3) is 4.12. The van der Waals surface area contributed by atoms with Crippen molar-refractivity contribution in [3.63, 3.8) is 0 Å². The fourth-order valence-corrected chi connectivity index (χ4v) is 1.71. The van der Waals surface area contributed by atoms with Crippen molar-refractivity contribution in [1.29, 1.82) is 0 Å². The van der Waals surface area contributed by atoms with Gasteiger partial charge in [0.1, 0.15) is 5.15 Å². The highest BCUT2D eigenvalue weighted by Crippen LogP contribution is 2.23. The van der Waals surface area contributed by atoms with Crippen LogP contribution in [0.4, 0.5) is 11.5 Å². The Morgan fingerprint density at radius 2 is 1.95 bits per heavy atom. The lowest BCUT2D eigenvalue weighted by atomic mass is 10.2. The van der Waals surface area contributed by atoms with Gasteiger partial charge in [-0.2, -0.15) is 0 Å². The summed E-state index contributed by atoms with van der Waals surface area (Å²) in [4.78, 5) is 25.7. The lowest BCUT2D eigenvalue weighted by Crippen LogP contribution is -2.11. The topological polar surface area (TPSA) is 85.1 Å². The summed E-state index contributed by atoms with van der Waals surface area (Å²) >= 11 is 5.67. The molecule has 0 aliphatic heterocycles. The number of halogens is 1. The molecule has 0 saturated heterocycles. The summed E-state index contributed by atoms with van der Waals surface area (Å²) in [5.41, 5.74) is 0.516. The first-order valence-corrected chi connectivity index (χ1v) is 6.29. The van der Waals surface area contributed by atoms with Crippen LogP contribution in [0.2, 0.25) is 5.15 Å². The Hall–Kier alpha value is -2.73. The monoisotopic (exact) mass is 303 g/mol. The van der Waals surface area contributed by atoms with E-state index in [2.05, 4.69) is 10.3 Å². The summed E-state index contributed by atoms with van der Waals surface area (Å²) < 4.78 is 0. The number of nitrogens with zero attached hydrogens (tertiary/aromatic N) is 2. The van der Waals surface area contributed by atoms with Crippen molar-refractivity contribution in [3.8, 4) is 0 Å². The molecule has 106 valence electrons. The molecule has 0 saturated carbocycles. The second-order valence-electron chi connectivity index (χ2n) is 3.99. The number of aromatic nitrogens is 1. The van der Waals surface area contributed by atoms with Gasteiger partial charge < -0.3 is 5.32 Å². The maximum Gasteiger partial charge on any atom is 0.311 e. The van der Waals surface area contributed by atoms with Gasteiger partial charge in [-0.25, -0.2) is 4.98 Å². The summed E-state index contributed by atoms with van der Waals surface area (Å²) in [6.45, 7) is 0. The van der Waals surface area contributed by atoms with E-state index in [9.17, 15) is 14.9 Å². The van der Waals surface area contributed by atoms with Crippen molar-refractivity contribution in [2.45, 2.75) is 0 Å². The predicted molar refractivity (Wildman–Crippen MR) is 80.0 cm³/mol. The van der Waals surface area contributed by atoms with Crippen LogP contribution in [0.25, 0.3) is 6.08 Å².